The molecule has 0 fully saturated rings. The second kappa shape index (κ2) is 12.7. The molecule has 0 aliphatic heterocycles. The molecule has 5 rings (SSSR count). The van der Waals surface area contributed by atoms with Crippen LogP contribution in [0.25, 0.3) is 22.3 Å². The number of hydrogen-bond donors (Lipinski definition) is 2. The van der Waals surface area contributed by atoms with Gasteiger partial charge in [-0.15, -0.1) is 0 Å². The van der Waals surface area contributed by atoms with Crippen molar-refractivity contribution in [1.82, 2.24) is 19.7 Å². The van der Waals surface area contributed by atoms with Gasteiger partial charge in [0.15, 0.2) is 5.65 Å². The zero-order chi connectivity index (χ0) is 30.6. The summed E-state index contributed by atoms with van der Waals surface area (Å²) in [6.07, 6.45) is 1.60. The number of ether oxygens (including phenoxy) is 2. The molecule has 222 valence electrons. The number of halogens is 2. The number of hydrogen-bond acceptors (Lipinski definition) is 7. The van der Waals surface area contributed by atoms with E-state index in [2.05, 4.69) is 35.3 Å². The second-order valence-electron chi connectivity index (χ2n) is 11.1. The van der Waals surface area contributed by atoms with Gasteiger partial charge in [-0.25, -0.2) is 23.4 Å². The van der Waals surface area contributed by atoms with E-state index in [4.69, 9.17) is 19.6 Å². The van der Waals surface area contributed by atoms with Gasteiger partial charge in [-0.3, -0.25) is 4.79 Å². The number of amides is 1. The largest absolute Gasteiger partial charge is 0.496 e. The Bertz CT molecular complexity index is 1760. The maximum Gasteiger partial charge on any atom is 0.256 e. The van der Waals surface area contributed by atoms with Crippen molar-refractivity contribution in [2.24, 2.45) is 0 Å². The lowest BCUT2D eigenvalue weighted by Gasteiger charge is -2.15. The van der Waals surface area contributed by atoms with E-state index in [0.717, 1.165) is 12.1 Å². The third kappa shape index (κ3) is 7.22. The Kier molecular flexibility index (Phi) is 8.78. The molecular formula is C31H32F2N6O3Si. The van der Waals surface area contributed by atoms with Gasteiger partial charge in [0.2, 0.25) is 0 Å². The molecular weight excluding hydrogens is 570 g/mol. The Morgan fingerprint density at radius 1 is 1.00 bits per heavy atom. The Balaban J connectivity index is 1.53. The summed E-state index contributed by atoms with van der Waals surface area (Å²) in [5.41, 5.74) is 2.04. The number of nitrogens with zero attached hydrogens (tertiary/aromatic N) is 4. The highest BCUT2D eigenvalue weighted by Crippen LogP contribution is 2.36. The van der Waals surface area contributed by atoms with Gasteiger partial charge in [0.05, 0.1) is 12.8 Å². The molecule has 9 nitrogen and oxygen atoms in total. The van der Waals surface area contributed by atoms with E-state index in [1.807, 2.05) is 0 Å². The van der Waals surface area contributed by atoms with E-state index in [-0.39, 0.29) is 18.3 Å². The second-order valence-corrected chi connectivity index (χ2v) is 16.7. The Labute approximate surface area is 248 Å². The molecule has 0 atom stereocenters. The van der Waals surface area contributed by atoms with Crippen molar-refractivity contribution >= 4 is 42.3 Å². The predicted molar refractivity (Wildman–Crippen MR) is 165 cm³/mol. The monoisotopic (exact) mass is 602 g/mol. The average molecular weight is 603 g/mol. The molecule has 12 heteroatoms. The van der Waals surface area contributed by atoms with Crippen LogP contribution < -0.4 is 15.4 Å². The molecule has 3 heterocycles. The number of fused-ring (bicyclic) bond motifs is 1. The topological polar surface area (TPSA) is 103 Å². The van der Waals surface area contributed by atoms with Crippen molar-refractivity contribution in [2.45, 2.75) is 32.4 Å². The van der Waals surface area contributed by atoms with Crippen molar-refractivity contribution in [3.05, 3.63) is 90.1 Å². The number of rotatable bonds is 11. The van der Waals surface area contributed by atoms with Gasteiger partial charge in [-0.05, 0) is 60.6 Å². The SMILES string of the molecule is COc1ccc(C(=O)Nc2ccccn2)cc1-c1nn(COCC[Si](C)(C)C)c2nc(Nc3ccc(F)cc3F)ccc12. The molecule has 0 bridgehead atoms. The fraction of sp³-hybridized carbons (Fsp3) is 0.226. The number of benzene rings is 2. The fourth-order valence-electron chi connectivity index (χ4n) is 4.33. The van der Waals surface area contributed by atoms with Crippen LogP contribution in [-0.2, 0) is 11.5 Å². The molecule has 3 aromatic heterocycles. The zero-order valence-electron chi connectivity index (χ0n) is 24.3. The molecule has 0 radical (unpaired) electrons. The first-order valence-corrected chi connectivity index (χ1v) is 17.4. The van der Waals surface area contributed by atoms with Crippen LogP contribution in [0.3, 0.4) is 0 Å². The molecule has 0 saturated heterocycles. The number of methoxy groups -OCH3 is 1. The third-order valence-electron chi connectivity index (χ3n) is 6.62. The van der Waals surface area contributed by atoms with Crippen LogP contribution in [0.4, 0.5) is 26.1 Å². The molecule has 1 amide bonds. The normalized spacial score (nSPS) is 11.5. The fourth-order valence-corrected chi connectivity index (χ4v) is 5.08. The quantitative estimate of drug-likeness (QED) is 0.123. The molecule has 0 aliphatic carbocycles. The highest BCUT2D eigenvalue weighted by Gasteiger charge is 2.21. The number of carbonyl (C=O) groups is 1. The van der Waals surface area contributed by atoms with Gasteiger partial charge in [0, 0.05) is 43.5 Å². The van der Waals surface area contributed by atoms with Crippen LogP contribution in [0.2, 0.25) is 25.7 Å². The summed E-state index contributed by atoms with van der Waals surface area (Å²) in [6.45, 7) is 7.52. The van der Waals surface area contributed by atoms with Gasteiger partial charge in [-0.1, -0.05) is 25.7 Å². The van der Waals surface area contributed by atoms with Crippen molar-refractivity contribution in [3.8, 4) is 17.0 Å². The van der Waals surface area contributed by atoms with E-state index >= 15 is 0 Å². The molecule has 43 heavy (non-hydrogen) atoms. The first kappa shape index (κ1) is 29.8. The summed E-state index contributed by atoms with van der Waals surface area (Å²) < 4.78 is 41.1. The van der Waals surface area contributed by atoms with Crippen LogP contribution in [0, 0.1) is 11.6 Å². The lowest BCUT2D eigenvalue weighted by atomic mass is 10.0. The lowest BCUT2D eigenvalue weighted by molar-refractivity contribution is 0.0814. The predicted octanol–water partition coefficient (Wildman–Crippen LogP) is 7.09. The van der Waals surface area contributed by atoms with Crippen LogP contribution in [-0.4, -0.2) is 47.4 Å². The van der Waals surface area contributed by atoms with Crippen molar-refractivity contribution in [1.29, 1.82) is 0 Å². The van der Waals surface area contributed by atoms with Crippen molar-refractivity contribution in [2.75, 3.05) is 24.4 Å². The Hall–Kier alpha value is -4.68. The summed E-state index contributed by atoms with van der Waals surface area (Å²) in [6, 6.07) is 18.1. The standard InChI is InChI=1S/C31H32F2N6O3Si/c1-41-26-12-8-20(31(40)37-27-7-5-6-14-34-27)17-23(26)29-22-10-13-28(35-25-11-9-21(32)18-24(25)33)36-30(22)39(38-29)19-42-15-16-43(2,3)4/h5-14,17-18H,15-16,19H2,1-4H3,(H,35,36)(H,34,37,40). The number of carbonyl (C=O) groups excluding carboxylic acids is 1. The smallest absolute Gasteiger partial charge is 0.256 e. The van der Waals surface area contributed by atoms with Crippen molar-refractivity contribution in [3.63, 3.8) is 0 Å². The lowest BCUT2D eigenvalue weighted by Crippen LogP contribution is -2.22. The maximum atomic E-state index is 14.4. The number of nitrogens with one attached hydrogen (secondary N) is 2. The summed E-state index contributed by atoms with van der Waals surface area (Å²) >= 11 is 0. The Morgan fingerprint density at radius 3 is 2.56 bits per heavy atom. The van der Waals surface area contributed by atoms with Crippen LogP contribution in [0.5, 0.6) is 5.75 Å². The van der Waals surface area contributed by atoms with E-state index in [9.17, 15) is 13.6 Å². The van der Waals surface area contributed by atoms with Gasteiger partial charge in [0.1, 0.15) is 41.4 Å². The summed E-state index contributed by atoms with van der Waals surface area (Å²) in [5.74, 6) is -0.478. The van der Waals surface area contributed by atoms with Crippen molar-refractivity contribution < 1.29 is 23.0 Å². The maximum absolute atomic E-state index is 14.4. The third-order valence-corrected chi connectivity index (χ3v) is 8.33. The summed E-state index contributed by atoms with van der Waals surface area (Å²) in [5, 5.41) is 11.2. The van der Waals surface area contributed by atoms with Gasteiger partial charge in [-0.2, -0.15) is 5.10 Å². The van der Waals surface area contributed by atoms with Gasteiger partial charge < -0.3 is 20.1 Å². The van der Waals surface area contributed by atoms with E-state index in [0.29, 0.717) is 51.8 Å². The van der Waals surface area contributed by atoms with Crippen LogP contribution in [0.1, 0.15) is 10.4 Å². The summed E-state index contributed by atoms with van der Waals surface area (Å²) in [7, 11) is 0.227. The van der Waals surface area contributed by atoms with Crippen LogP contribution in [0.15, 0.2) is 72.9 Å². The summed E-state index contributed by atoms with van der Waals surface area (Å²) in [4.78, 5) is 21.9. The average Bonchev–Trinajstić information content (AvgIpc) is 3.34. The van der Waals surface area contributed by atoms with E-state index in [1.165, 1.54) is 12.1 Å². The number of anilines is 3. The molecule has 0 saturated carbocycles. The molecule has 0 spiro atoms. The minimum Gasteiger partial charge on any atom is -0.496 e. The minimum absolute atomic E-state index is 0.0826. The number of aromatic nitrogens is 4. The molecule has 5 aromatic rings. The highest BCUT2D eigenvalue weighted by molar-refractivity contribution is 6.76. The minimum atomic E-state index is -1.32. The van der Waals surface area contributed by atoms with E-state index in [1.54, 1.807) is 66.5 Å². The molecule has 0 unspecified atom stereocenters. The first-order valence-electron chi connectivity index (χ1n) is 13.7. The van der Waals surface area contributed by atoms with Gasteiger partial charge in [0.25, 0.3) is 5.91 Å². The Morgan fingerprint density at radius 2 is 1.84 bits per heavy atom. The molecule has 2 N–H and O–H groups in total. The van der Waals surface area contributed by atoms with Crippen LogP contribution >= 0.6 is 0 Å². The number of pyridine rings is 2. The molecule has 0 aliphatic rings. The van der Waals surface area contributed by atoms with Gasteiger partial charge >= 0.3 is 0 Å². The van der Waals surface area contributed by atoms with E-state index < -0.39 is 19.7 Å². The zero-order valence-corrected chi connectivity index (χ0v) is 25.3. The first-order chi connectivity index (χ1) is 20.6. The molecule has 2 aromatic carbocycles. The highest BCUT2D eigenvalue weighted by atomic mass is 28.3.